The molecule has 0 saturated heterocycles. The van der Waals surface area contributed by atoms with Crippen LogP contribution in [0.25, 0.3) is 0 Å². The predicted octanol–water partition coefficient (Wildman–Crippen LogP) is 3.12. The average Bonchev–Trinajstić information content (AvgIpc) is 2.08. The van der Waals surface area contributed by atoms with E-state index in [4.69, 9.17) is 23.2 Å². The van der Waals surface area contributed by atoms with E-state index in [-0.39, 0.29) is 6.17 Å². The van der Waals surface area contributed by atoms with Crippen molar-refractivity contribution < 1.29 is 0 Å². The summed E-state index contributed by atoms with van der Waals surface area (Å²) in [7, 11) is 8.09. The first kappa shape index (κ1) is 12.8. The van der Waals surface area contributed by atoms with E-state index >= 15 is 0 Å². The molecule has 0 saturated carbocycles. The van der Waals surface area contributed by atoms with Gasteiger partial charge in [-0.2, -0.15) is 0 Å². The number of nitrogens with zero attached hydrogens (tertiary/aromatic N) is 2. The molecule has 15 heavy (non-hydrogen) atoms. The Kier molecular flexibility index (Phi) is 4.41. The number of hydrogen-bond donors (Lipinski definition) is 0. The summed E-state index contributed by atoms with van der Waals surface area (Å²) in [6.07, 6.45) is 0.162. The molecule has 0 amide bonds. The minimum absolute atomic E-state index is 0.162. The topological polar surface area (TPSA) is 6.48 Å². The highest BCUT2D eigenvalue weighted by molar-refractivity contribution is 6.35. The van der Waals surface area contributed by atoms with E-state index in [1.165, 1.54) is 0 Å². The third kappa shape index (κ3) is 3.08. The first-order chi connectivity index (χ1) is 6.93. The second kappa shape index (κ2) is 5.17. The van der Waals surface area contributed by atoms with Gasteiger partial charge in [-0.25, -0.2) is 0 Å². The zero-order valence-electron chi connectivity index (χ0n) is 9.46. The summed E-state index contributed by atoms with van der Waals surface area (Å²) in [6, 6.07) is 5.61. The summed E-state index contributed by atoms with van der Waals surface area (Å²) in [5, 5.41) is 1.37. The molecule has 0 fully saturated rings. The van der Waals surface area contributed by atoms with Gasteiger partial charge in [0.05, 0.1) is 6.17 Å². The van der Waals surface area contributed by atoms with Gasteiger partial charge < -0.3 is 0 Å². The largest absolute Gasteiger partial charge is 0.290 e. The Morgan fingerprint density at radius 3 is 1.93 bits per heavy atom. The van der Waals surface area contributed by atoms with Gasteiger partial charge in [-0.05, 0) is 40.3 Å². The maximum Gasteiger partial charge on any atom is 0.0890 e. The van der Waals surface area contributed by atoms with E-state index in [2.05, 4.69) is 9.80 Å². The fourth-order valence-corrected chi connectivity index (χ4v) is 2.24. The Morgan fingerprint density at radius 2 is 1.53 bits per heavy atom. The highest BCUT2D eigenvalue weighted by Gasteiger charge is 2.18. The molecule has 1 aromatic rings. The molecule has 0 aromatic heterocycles. The molecule has 0 spiro atoms. The Bertz CT molecular complexity index is 329. The summed E-state index contributed by atoms with van der Waals surface area (Å²) < 4.78 is 0. The third-order valence-corrected chi connectivity index (χ3v) is 2.78. The van der Waals surface area contributed by atoms with Crippen LogP contribution >= 0.6 is 23.2 Å². The molecular weight excluding hydrogens is 231 g/mol. The van der Waals surface area contributed by atoms with Crippen molar-refractivity contribution in [1.29, 1.82) is 0 Å². The van der Waals surface area contributed by atoms with Crippen molar-refractivity contribution in [2.75, 3.05) is 28.2 Å². The van der Waals surface area contributed by atoms with Gasteiger partial charge in [0, 0.05) is 15.6 Å². The molecule has 0 radical (unpaired) electrons. The highest BCUT2D eigenvalue weighted by Crippen LogP contribution is 2.29. The summed E-state index contributed by atoms with van der Waals surface area (Å²) in [5.74, 6) is 0. The summed E-state index contributed by atoms with van der Waals surface area (Å²) in [6.45, 7) is 0. The Labute approximate surface area is 101 Å². The van der Waals surface area contributed by atoms with Crippen LogP contribution in [0.15, 0.2) is 18.2 Å². The lowest BCUT2D eigenvalue weighted by Crippen LogP contribution is -2.32. The van der Waals surface area contributed by atoms with E-state index in [9.17, 15) is 0 Å². The highest BCUT2D eigenvalue weighted by atomic mass is 35.5. The number of rotatable bonds is 3. The molecule has 0 heterocycles. The Hall–Kier alpha value is -0.280. The van der Waals surface area contributed by atoms with Gasteiger partial charge in [-0.15, -0.1) is 0 Å². The predicted molar refractivity (Wildman–Crippen MR) is 66.6 cm³/mol. The van der Waals surface area contributed by atoms with Crippen molar-refractivity contribution in [1.82, 2.24) is 9.80 Å². The van der Waals surface area contributed by atoms with Crippen molar-refractivity contribution >= 4 is 23.2 Å². The molecule has 0 aliphatic heterocycles. The summed E-state index contributed by atoms with van der Waals surface area (Å²) in [4.78, 5) is 4.21. The second-order valence-electron chi connectivity index (χ2n) is 3.97. The zero-order chi connectivity index (χ0) is 11.6. The minimum atomic E-state index is 0.162. The van der Waals surface area contributed by atoms with Gasteiger partial charge in [-0.3, -0.25) is 9.80 Å². The van der Waals surface area contributed by atoms with Crippen molar-refractivity contribution in [3.63, 3.8) is 0 Å². The first-order valence-electron chi connectivity index (χ1n) is 4.71. The molecule has 0 aliphatic carbocycles. The fourth-order valence-electron chi connectivity index (χ4n) is 1.73. The molecule has 0 N–H and O–H groups in total. The van der Waals surface area contributed by atoms with Gasteiger partial charge in [0.15, 0.2) is 0 Å². The van der Waals surface area contributed by atoms with Crippen LogP contribution in [-0.2, 0) is 0 Å². The lowest BCUT2D eigenvalue weighted by Gasteiger charge is -2.31. The van der Waals surface area contributed by atoms with E-state index in [0.717, 1.165) is 5.56 Å². The maximum atomic E-state index is 6.17. The summed E-state index contributed by atoms with van der Waals surface area (Å²) in [5.41, 5.74) is 1.07. The van der Waals surface area contributed by atoms with Crippen LogP contribution in [0.4, 0.5) is 0 Å². The minimum Gasteiger partial charge on any atom is -0.290 e. The molecule has 4 heteroatoms. The fraction of sp³-hybridized carbons (Fsp3) is 0.455. The van der Waals surface area contributed by atoms with E-state index in [1.807, 2.05) is 40.3 Å². The molecule has 2 nitrogen and oxygen atoms in total. The van der Waals surface area contributed by atoms with Crippen LogP contribution in [0.5, 0.6) is 0 Å². The van der Waals surface area contributed by atoms with E-state index in [0.29, 0.717) is 10.0 Å². The monoisotopic (exact) mass is 246 g/mol. The normalized spacial score (nSPS) is 11.8. The molecular formula is C11H16Cl2N2. The molecule has 0 bridgehead atoms. The van der Waals surface area contributed by atoms with Gasteiger partial charge in [0.25, 0.3) is 0 Å². The van der Waals surface area contributed by atoms with Crippen molar-refractivity contribution in [2.45, 2.75) is 6.17 Å². The lowest BCUT2D eigenvalue weighted by molar-refractivity contribution is 0.131. The van der Waals surface area contributed by atoms with Crippen LogP contribution < -0.4 is 0 Å². The molecule has 0 unspecified atom stereocenters. The van der Waals surface area contributed by atoms with Crippen LogP contribution in [0.3, 0.4) is 0 Å². The van der Waals surface area contributed by atoms with Crippen molar-refractivity contribution in [2.24, 2.45) is 0 Å². The Balaban J connectivity index is 3.12. The molecule has 0 atom stereocenters. The smallest absolute Gasteiger partial charge is 0.0890 e. The van der Waals surface area contributed by atoms with Crippen molar-refractivity contribution in [3.05, 3.63) is 33.8 Å². The van der Waals surface area contributed by atoms with Gasteiger partial charge in [-0.1, -0.05) is 29.3 Å². The van der Waals surface area contributed by atoms with E-state index in [1.54, 1.807) is 6.07 Å². The zero-order valence-corrected chi connectivity index (χ0v) is 11.0. The standard InChI is InChI=1S/C11H16Cl2N2/c1-14(2)11(15(3)4)9-6-5-8(12)7-10(9)13/h5-7,11H,1-4H3. The SMILES string of the molecule is CN(C)C(c1ccc(Cl)cc1Cl)N(C)C. The maximum absolute atomic E-state index is 6.17. The summed E-state index contributed by atoms with van der Waals surface area (Å²) >= 11 is 12.0. The first-order valence-corrected chi connectivity index (χ1v) is 5.47. The van der Waals surface area contributed by atoms with Gasteiger partial charge in [0.1, 0.15) is 0 Å². The van der Waals surface area contributed by atoms with Crippen LogP contribution in [0.2, 0.25) is 10.0 Å². The number of halogens is 2. The van der Waals surface area contributed by atoms with Gasteiger partial charge >= 0.3 is 0 Å². The van der Waals surface area contributed by atoms with Crippen LogP contribution in [0.1, 0.15) is 11.7 Å². The van der Waals surface area contributed by atoms with Crippen LogP contribution in [0, 0.1) is 0 Å². The second-order valence-corrected chi connectivity index (χ2v) is 4.81. The van der Waals surface area contributed by atoms with Crippen LogP contribution in [-0.4, -0.2) is 38.0 Å². The number of hydrogen-bond acceptors (Lipinski definition) is 2. The van der Waals surface area contributed by atoms with Crippen molar-refractivity contribution in [3.8, 4) is 0 Å². The molecule has 1 rings (SSSR count). The molecule has 0 aliphatic rings. The lowest BCUT2D eigenvalue weighted by atomic mass is 10.1. The quantitative estimate of drug-likeness (QED) is 0.757. The molecule has 1 aromatic carbocycles. The third-order valence-electron chi connectivity index (χ3n) is 2.22. The van der Waals surface area contributed by atoms with Gasteiger partial charge in [0.2, 0.25) is 0 Å². The average molecular weight is 247 g/mol. The van der Waals surface area contributed by atoms with E-state index < -0.39 is 0 Å². The molecule has 84 valence electrons. The Morgan fingerprint density at radius 1 is 1.00 bits per heavy atom. The number of benzene rings is 1.